The average Bonchev–Trinajstić information content (AvgIpc) is 3.31. The Balaban J connectivity index is 1.60. The van der Waals surface area contributed by atoms with Crippen LogP contribution < -0.4 is 5.32 Å². The van der Waals surface area contributed by atoms with Crippen molar-refractivity contribution >= 4 is 39.9 Å². The second-order valence-electron chi connectivity index (χ2n) is 8.20. The summed E-state index contributed by atoms with van der Waals surface area (Å²) >= 11 is 7.24. The van der Waals surface area contributed by atoms with Gasteiger partial charge >= 0.3 is 0 Å². The van der Waals surface area contributed by atoms with Gasteiger partial charge in [0, 0.05) is 30.0 Å². The van der Waals surface area contributed by atoms with E-state index in [1.165, 1.54) is 11.3 Å². The minimum absolute atomic E-state index is 0.0844. The van der Waals surface area contributed by atoms with Crippen molar-refractivity contribution in [1.82, 2.24) is 15.1 Å². The molecule has 1 N–H and O–H groups in total. The lowest BCUT2D eigenvalue weighted by atomic mass is 10.1. The van der Waals surface area contributed by atoms with Crippen LogP contribution in [0.2, 0.25) is 5.02 Å². The number of carbonyl (C=O) groups excluding carboxylic acids is 2. The van der Waals surface area contributed by atoms with Gasteiger partial charge in [-0.05, 0) is 31.0 Å². The highest BCUT2D eigenvalue weighted by molar-refractivity contribution is 7.18. The molecule has 0 saturated heterocycles. The number of hydrogen-bond acceptors (Lipinski definition) is 5. The number of hydrogen-bond donors (Lipinski definition) is 1. The molecule has 0 radical (unpaired) electrons. The van der Waals surface area contributed by atoms with E-state index in [1.54, 1.807) is 12.1 Å². The standard InChI is InChI=1S/C26H31ClN4O2S/c1-3-4-5-9-12-24(33)31(19(2)20-10-7-6-8-11-20)18-17-23(32)28-26-30-29-25(34-26)21-13-15-22(27)16-14-21/h6-8,10-11,13-16,19H,3-5,9,12,17-18H2,1-2H3,(H,28,30,32). The summed E-state index contributed by atoms with van der Waals surface area (Å²) in [6.45, 7) is 4.51. The smallest absolute Gasteiger partial charge is 0.227 e. The summed E-state index contributed by atoms with van der Waals surface area (Å²) in [6.07, 6.45) is 4.86. The molecule has 0 bridgehead atoms. The Kier molecular flexibility index (Phi) is 10.0. The minimum atomic E-state index is -0.192. The van der Waals surface area contributed by atoms with Crippen LogP contribution in [0.3, 0.4) is 0 Å². The van der Waals surface area contributed by atoms with Gasteiger partial charge in [0.2, 0.25) is 16.9 Å². The summed E-state index contributed by atoms with van der Waals surface area (Å²) < 4.78 is 0. The molecule has 6 nitrogen and oxygen atoms in total. The van der Waals surface area contributed by atoms with Crippen molar-refractivity contribution in [2.45, 2.75) is 58.4 Å². The average molecular weight is 499 g/mol. The van der Waals surface area contributed by atoms with Gasteiger partial charge in [0.15, 0.2) is 0 Å². The minimum Gasteiger partial charge on any atom is -0.335 e. The van der Waals surface area contributed by atoms with Crippen LogP contribution in [0.4, 0.5) is 5.13 Å². The second-order valence-corrected chi connectivity index (χ2v) is 9.62. The SMILES string of the molecule is CCCCCCC(=O)N(CCC(=O)Nc1nnc(-c2ccc(Cl)cc2)s1)C(C)c1ccccc1. The molecule has 180 valence electrons. The Labute approximate surface area is 210 Å². The maximum atomic E-state index is 13.0. The Hall–Kier alpha value is -2.77. The molecule has 0 aliphatic carbocycles. The summed E-state index contributed by atoms with van der Waals surface area (Å²) in [7, 11) is 0. The van der Waals surface area contributed by atoms with Gasteiger partial charge in [-0.3, -0.25) is 9.59 Å². The van der Waals surface area contributed by atoms with Gasteiger partial charge in [0.1, 0.15) is 5.01 Å². The summed E-state index contributed by atoms with van der Waals surface area (Å²) in [5.74, 6) is -0.107. The topological polar surface area (TPSA) is 75.2 Å². The van der Waals surface area contributed by atoms with E-state index in [4.69, 9.17) is 11.6 Å². The van der Waals surface area contributed by atoms with Crippen LogP contribution in [0.5, 0.6) is 0 Å². The predicted molar refractivity (Wildman–Crippen MR) is 139 cm³/mol. The molecule has 3 aromatic rings. The predicted octanol–water partition coefficient (Wildman–Crippen LogP) is 6.75. The van der Waals surface area contributed by atoms with Crippen molar-refractivity contribution in [3.05, 3.63) is 65.2 Å². The van der Waals surface area contributed by atoms with Crippen LogP contribution in [0, 0.1) is 0 Å². The first kappa shape index (κ1) is 25.8. The summed E-state index contributed by atoms with van der Waals surface area (Å²) in [5, 5.41) is 12.8. The molecule has 0 spiro atoms. The number of anilines is 1. The van der Waals surface area contributed by atoms with E-state index in [0.29, 0.717) is 28.1 Å². The molecule has 1 heterocycles. The lowest BCUT2D eigenvalue weighted by Crippen LogP contribution is -2.36. The van der Waals surface area contributed by atoms with E-state index in [2.05, 4.69) is 22.4 Å². The van der Waals surface area contributed by atoms with Crippen LogP contribution in [-0.2, 0) is 9.59 Å². The van der Waals surface area contributed by atoms with Gasteiger partial charge in [0.05, 0.1) is 6.04 Å². The molecule has 3 rings (SSSR count). The van der Waals surface area contributed by atoms with Crippen molar-refractivity contribution in [2.24, 2.45) is 0 Å². The number of nitrogens with one attached hydrogen (secondary N) is 1. The van der Waals surface area contributed by atoms with E-state index >= 15 is 0 Å². The summed E-state index contributed by atoms with van der Waals surface area (Å²) in [5.41, 5.74) is 1.94. The van der Waals surface area contributed by atoms with E-state index in [0.717, 1.165) is 36.8 Å². The normalized spacial score (nSPS) is 11.7. The number of halogens is 1. The molecule has 1 unspecified atom stereocenters. The van der Waals surface area contributed by atoms with Gasteiger partial charge in [-0.15, -0.1) is 10.2 Å². The number of unbranched alkanes of at least 4 members (excludes halogenated alkanes) is 3. The Morgan fingerprint density at radius 1 is 1.00 bits per heavy atom. The first-order chi connectivity index (χ1) is 16.5. The molecule has 0 aliphatic heterocycles. The molecule has 34 heavy (non-hydrogen) atoms. The van der Waals surface area contributed by atoms with Crippen LogP contribution >= 0.6 is 22.9 Å². The highest BCUT2D eigenvalue weighted by atomic mass is 35.5. The van der Waals surface area contributed by atoms with Crippen LogP contribution in [0.15, 0.2) is 54.6 Å². The van der Waals surface area contributed by atoms with Crippen LogP contribution in [0.1, 0.15) is 64.0 Å². The molecule has 1 atom stereocenters. The van der Waals surface area contributed by atoms with Crippen molar-refractivity contribution in [3.8, 4) is 10.6 Å². The lowest BCUT2D eigenvalue weighted by Gasteiger charge is -2.29. The third kappa shape index (κ3) is 7.64. The third-order valence-corrected chi connectivity index (χ3v) is 6.80. The molecule has 2 amide bonds. The largest absolute Gasteiger partial charge is 0.335 e. The molecule has 1 aromatic heterocycles. The zero-order valence-electron chi connectivity index (χ0n) is 19.7. The van der Waals surface area contributed by atoms with E-state index < -0.39 is 0 Å². The van der Waals surface area contributed by atoms with Gasteiger partial charge in [-0.1, -0.05) is 91.6 Å². The van der Waals surface area contributed by atoms with E-state index in [9.17, 15) is 9.59 Å². The zero-order chi connectivity index (χ0) is 24.3. The quantitative estimate of drug-likeness (QED) is 0.280. The number of carbonyl (C=O) groups is 2. The Morgan fingerprint density at radius 3 is 2.44 bits per heavy atom. The van der Waals surface area contributed by atoms with Gasteiger partial charge < -0.3 is 10.2 Å². The Bertz CT molecular complexity index is 1060. The van der Waals surface area contributed by atoms with Crippen molar-refractivity contribution < 1.29 is 9.59 Å². The van der Waals surface area contributed by atoms with Crippen LogP contribution in [0.25, 0.3) is 10.6 Å². The number of aromatic nitrogens is 2. The van der Waals surface area contributed by atoms with E-state index in [-0.39, 0.29) is 24.3 Å². The fourth-order valence-corrected chi connectivity index (χ4v) is 4.57. The first-order valence-corrected chi connectivity index (χ1v) is 12.9. The monoisotopic (exact) mass is 498 g/mol. The molecule has 0 fully saturated rings. The van der Waals surface area contributed by atoms with Gasteiger partial charge in [0.25, 0.3) is 0 Å². The molecule has 8 heteroatoms. The number of nitrogens with zero attached hydrogens (tertiary/aromatic N) is 3. The molecule has 0 saturated carbocycles. The number of rotatable bonds is 12. The molecule has 2 aromatic carbocycles. The Morgan fingerprint density at radius 2 is 1.74 bits per heavy atom. The van der Waals surface area contributed by atoms with Gasteiger partial charge in [-0.25, -0.2) is 0 Å². The fourth-order valence-electron chi connectivity index (χ4n) is 3.68. The zero-order valence-corrected chi connectivity index (χ0v) is 21.2. The molecular weight excluding hydrogens is 468 g/mol. The van der Waals surface area contributed by atoms with Crippen molar-refractivity contribution in [3.63, 3.8) is 0 Å². The summed E-state index contributed by atoms with van der Waals surface area (Å²) in [4.78, 5) is 27.5. The maximum Gasteiger partial charge on any atom is 0.227 e. The second kappa shape index (κ2) is 13.2. The van der Waals surface area contributed by atoms with Gasteiger partial charge in [-0.2, -0.15) is 0 Å². The highest BCUT2D eigenvalue weighted by Crippen LogP contribution is 2.27. The van der Waals surface area contributed by atoms with E-state index in [1.807, 2.05) is 54.3 Å². The highest BCUT2D eigenvalue weighted by Gasteiger charge is 2.22. The fraction of sp³-hybridized carbons (Fsp3) is 0.385. The molecule has 0 aliphatic rings. The summed E-state index contributed by atoms with van der Waals surface area (Å²) in [6, 6.07) is 17.1. The maximum absolute atomic E-state index is 13.0. The first-order valence-electron chi connectivity index (χ1n) is 11.7. The lowest BCUT2D eigenvalue weighted by molar-refractivity contribution is -0.134. The number of amides is 2. The third-order valence-electron chi connectivity index (χ3n) is 5.66. The van der Waals surface area contributed by atoms with Crippen molar-refractivity contribution in [1.29, 1.82) is 0 Å². The number of benzene rings is 2. The van der Waals surface area contributed by atoms with Crippen molar-refractivity contribution in [2.75, 3.05) is 11.9 Å². The molecular formula is C26H31ClN4O2S. The van der Waals surface area contributed by atoms with Crippen LogP contribution in [-0.4, -0.2) is 33.5 Å².